The fourth-order valence-electron chi connectivity index (χ4n) is 4.40. The molecule has 1 fully saturated rings. The first-order chi connectivity index (χ1) is 14.7. The smallest absolute Gasteiger partial charge is 0.234 e. The van der Waals surface area contributed by atoms with Crippen molar-refractivity contribution < 1.29 is 9.53 Å². The van der Waals surface area contributed by atoms with E-state index in [9.17, 15) is 4.79 Å². The zero-order valence-electron chi connectivity index (χ0n) is 17.7. The van der Waals surface area contributed by atoms with Gasteiger partial charge in [-0.2, -0.15) is 0 Å². The highest BCUT2D eigenvalue weighted by molar-refractivity contribution is 5.84. The van der Waals surface area contributed by atoms with Crippen LogP contribution in [0.25, 0.3) is 10.9 Å². The van der Waals surface area contributed by atoms with Crippen LogP contribution in [-0.4, -0.2) is 49.1 Å². The molecule has 0 spiro atoms. The van der Waals surface area contributed by atoms with Crippen molar-refractivity contribution in [1.29, 1.82) is 0 Å². The summed E-state index contributed by atoms with van der Waals surface area (Å²) < 4.78 is 5.32. The number of rotatable bonds is 7. The topological polar surface area (TPSA) is 57.4 Å². The summed E-state index contributed by atoms with van der Waals surface area (Å²) in [6.45, 7) is 3.11. The minimum Gasteiger partial charge on any atom is -0.497 e. The van der Waals surface area contributed by atoms with Crippen molar-refractivity contribution in [3.8, 4) is 5.75 Å². The first kappa shape index (κ1) is 20.5. The fraction of sp³-hybridized carbons (Fsp3) is 0.400. The van der Waals surface area contributed by atoms with Crippen molar-refractivity contribution in [2.24, 2.45) is 0 Å². The van der Waals surface area contributed by atoms with Gasteiger partial charge in [-0.1, -0.05) is 43.2 Å². The molecule has 2 aromatic carbocycles. The van der Waals surface area contributed by atoms with Gasteiger partial charge >= 0.3 is 0 Å². The number of benzene rings is 2. The summed E-state index contributed by atoms with van der Waals surface area (Å²) in [4.78, 5) is 18.4. The van der Waals surface area contributed by atoms with Crippen molar-refractivity contribution in [2.75, 3.05) is 33.3 Å². The summed E-state index contributed by atoms with van der Waals surface area (Å²) in [6, 6.07) is 16.5. The van der Waals surface area contributed by atoms with E-state index in [0.29, 0.717) is 13.1 Å². The summed E-state index contributed by atoms with van der Waals surface area (Å²) in [5.41, 5.74) is 3.48. The molecule has 158 valence electrons. The normalized spacial score (nSPS) is 16.2. The Bertz CT molecular complexity index is 956. The zero-order valence-corrected chi connectivity index (χ0v) is 17.7. The maximum atomic E-state index is 12.7. The number of methoxy groups -OCH3 is 1. The number of aromatic amines is 1. The van der Waals surface area contributed by atoms with Crippen LogP contribution >= 0.6 is 0 Å². The Morgan fingerprint density at radius 3 is 2.53 bits per heavy atom. The van der Waals surface area contributed by atoms with E-state index in [1.165, 1.54) is 36.6 Å². The number of nitrogens with one attached hydrogen (secondary N) is 2. The second-order valence-electron chi connectivity index (χ2n) is 8.11. The van der Waals surface area contributed by atoms with Crippen LogP contribution in [-0.2, 0) is 4.79 Å². The molecule has 0 bridgehead atoms. The molecule has 1 saturated heterocycles. The molecule has 1 aliphatic heterocycles. The van der Waals surface area contributed by atoms with Crippen LogP contribution in [0.15, 0.2) is 54.7 Å². The van der Waals surface area contributed by atoms with E-state index < -0.39 is 0 Å². The minimum absolute atomic E-state index is 0.0696. The summed E-state index contributed by atoms with van der Waals surface area (Å²) in [7, 11) is 1.68. The van der Waals surface area contributed by atoms with E-state index >= 15 is 0 Å². The number of carbonyl (C=O) groups is 1. The molecule has 1 amide bonds. The number of aromatic nitrogens is 1. The summed E-state index contributed by atoms with van der Waals surface area (Å²) in [6.07, 6.45) is 7.01. The third-order valence-corrected chi connectivity index (χ3v) is 6.08. The van der Waals surface area contributed by atoms with E-state index in [2.05, 4.69) is 51.7 Å². The number of fused-ring (bicyclic) bond motifs is 1. The molecular weight excluding hydrogens is 374 g/mol. The first-order valence-electron chi connectivity index (χ1n) is 10.9. The van der Waals surface area contributed by atoms with Crippen LogP contribution in [0, 0.1) is 0 Å². The number of carbonyl (C=O) groups excluding carboxylic acids is 1. The van der Waals surface area contributed by atoms with Gasteiger partial charge in [0.15, 0.2) is 0 Å². The Labute approximate surface area is 178 Å². The molecular formula is C25H31N3O2. The average molecular weight is 406 g/mol. The lowest BCUT2D eigenvalue weighted by Crippen LogP contribution is -2.39. The number of amides is 1. The van der Waals surface area contributed by atoms with E-state index in [1.807, 2.05) is 18.2 Å². The van der Waals surface area contributed by atoms with Crippen LogP contribution in [0.2, 0.25) is 0 Å². The van der Waals surface area contributed by atoms with Gasteiger partial charge in [0.2, 0.25) is 5.91 Å². The average Bonchev–Trinajstić information content (AvgIpc) is 3.03. The summed E-state index contributed by atoms with van der Waals surface area (Å²) >= 11 is 0. The van der Waals surface area contributed by atoms with Gasteiger partial charge in [-0.25, -0.2) is 0 Å². The largest absolute Gasteiger partial charge is 0.497 e. The molecule has 2 N–H and O–H groups in total. The minimum atomic E-state index is 0.0696. The molecule has 5 heteroatoms. The highest BCUT2D eigenvalue weighted by Gasteiger charge is 2.20. The van der Waals surface area contributed by atoms with Crippen molar-refractivity contribution in [3.05, 3.63) is 65.9 Å². The monoisotopic (exact) mass is 405 g/mol. The van der Waals surface area contributed by atoms with Gasteiger partial charge in [-0.15, -0.1) is 0 Å². The van der Waals surface area contributed by atoms with Crippen LogP contribution < -0.4 is 10.1 Å². The Kier molecular flexibility index (Phi) is 6.70. The van der Waals surface area contributed by atoms with Crippen LogP contribution in [0.4, 0.5) is 0 Å². The van der Waals surface area contributed by atoms with Crippen molar-refractivity contribution >= 4 is 16.8 Å². The maximum Gasteiger partial charge on any atom is 0.234 e. The zero-order chi connectivity index (χ0) is 20.8. The molecule has 4 rings (SSSR count). The number of H-pyrrole nitrogens is 1. The van der Waals surface area contributed by atoms with Crippen LogP contribution in [0.3, 0.4) is 0 Å². The standard InChI is InChI=1S/C25H31N3O2/c1-30-20-12-10-19(11-13-20)22(23-17-26-24-9-5-4-8-21(23)24)16-27-25(29)18-28-14-6-2-3-7-15-28/h4-5,8-13,17,22,26H,2-3,6-7,14-16,18H2,1H3,(H,27,29)/t22-/m1/s1. The van der Waals surface area contributed by atoms with E-state index in [-0.39, 0.29) is 11.8 Å². The van der Waals surface area contributed by atoms with E-state index in [0.717, 1.165) is 29.9 Å². The third kappa shape index (κ3) is 4.85. The first-order valence-corrected chi connectivity index (χ1v) is 10.9. The molecule has 1 aliphatic rings. The Balaban J connectivity index is 1.52. The highest BCUT2D eigenvalue weighted by Crippen LogP contribution is 2.31. The predicted octanol–water partition coefficient (Wildman–Crippen LogP) is 4.30. The SMILES string of the molecule is COc1ccc([C@@H](CNC(=O)CN2CCCCCC2)c2c[nH]c3ccccc23)cc1. The van der Waals surface area contributed by atoms with Gasteiger partial charge in [0.1, 0.15) is 5.75 Å². The van der Waals surface area contributed by atoms with Crippen LogP contribution in [0.5, 0.6) is 5.75 Å². The molecule has 0 saturated carbocycles. The van der Waals surface area contributed by atoms with Gasteiger partial charge in [-0.05, 0) is 55.3 Å². The van der Waals surface area contributed by atoms with E-state index in [1.54, 1.807) is 7.11 Å². The molecule has 5 nitrogen and oxygen atoms in total. The van der Waals surface area contributed by atoms with Gasteiger partial charge in [0.25, 0.3) is 0 Å². The number of ether oxygens (including phenoxy) is 1. The van der Waals surface area contributed by atoms with Gasteiger partial charge < -0.3 is 15.0 Å². The summed E-state index contributed by atoms with van der Waals surface area (Å²) in [5, 5.41) is 4.40. The highest BCUT2D eigenvalue weighted by atomic mass is 16.5. The van der Waals surface area contributed by atoms with Crippen molar-refractivity contribution in [2.45, 2.75) is 31.6 Å². The Hall–Kier alpha value is -2.79. The number of para-hydroxylation sites is 1. The predicted molar refractivity (Wildman–Crippen MR) is 121 cm³/mol. The van der Waals surface area contributed by atoms with E-state index in [4.69, 9.17) is 4.74 Å². The quantitative estimate of drug-likeness (QED) is 0.616. The number of likely N-dealkylation sites (tertiary alicyclic amines) is 1. The second-order valence-corrected chi connectivity index (χ2v) is 8.11. The fourth-order valence-corrected chi connectivity index (χ4v) is 4.40. The van der Waals surface area contributed by atoms with Crippen molar-refractivity contribution in [3.63, 3.8) is 0 Å². The number of hydrogen-bond acceptors (Lipinski definition) is 3. The maximum absolute atomic E-state index is 12.7. The van der Waals surface area contributed by atoms with Gasteiger partial charge in [-0.3, -0.25) is 9.69 Å². The lowest BCUT2D eigenvalue weighted by molar-refractivity contribution is -0.122. The van der Waals surface area contributed by atoms with Gasteiger partial charge in [0, 0.05) is 29.6 Å². The molecule has 30 heavy (non-hydrogen) atoms. The second kappa shape index (κ2) is 9.81. The Morgan fingerprint density at radius 1 is 1.07 bits per heavy atom. The molecule has 3 aromatic rings. The molecule has 2 heterocycles. The Morgan fingerprint density at radius 2 is 1.80 bits per heavy atom. The molecule has 1 atom stereocenters. The lowest BCUT2D eigenvalue weighted by Gasteiger charge is -2.22. The molecule has 0 aliphatic carbocycles. The summed E-state index contributed by atoms with van der Waals surface area (Å²) in [5.74, 6) is 1.01. The molecule has 0 unspecified atom stereocenters. The third-order valence-electron chi connectivity index (χ3n) is 6.08. The van der Waals surface area contributed by atoms with Crippen LogP contribution in [0.1, 0.15) is 42.7 Å². The van der Waals surface area contributed by atoms with Gasteiger partial charge in [0.05, 0.1) is 13.7 Å². The lowest BCUT2D eigenvalue weighted by atomic mass is 9.90. The molecule has 0 radical (unpaired) electrons. The number of nitrogens with zero attached hydrogens (tertiary/aromatic N) is 1. The molecule has 1 aromatic heterocycles. The van der Waals surface area contributed by atoms with Crippen molar-refractivity contribution in [1.82, 2.24) is 15.2 Å². The number of hydrogen-bond donors (Lipinski definition) is 2.